The molecule has 1 unspecified atom stereocenters. The van der Waals surface area contributed by atoms with Crippen LogP contribution in [-0.4, -0.2) is 95.9 Å². The zero-order valence-electron chi connectivity index (χ0n) is 35.0. The molecule has 4 heterocycles. The van der Waals surface area contributed by atoms with E-state index in [2.05, 4.69) is 31.0 Å². The number of anilines is 2. The van der Waals surface area contributed by atoms with Crippen LogP contribution in [0.3, 0.4) is 0 Å². The van der Waals surface area contributed by atoms with Gasteiger partial charge in [0, 0.05) is 11.1 Å². The lowest BCUT2D eigenvalue weighted by atomic mass is 10.1. The maximum absolute atomic E-state index is 12.4. The second-order valence-corrected chi connectivity index (χ2v) is 16.7. The first kappa shape index (κ1) is 50.9. The zero-order valence-corrected chi connectivity index (χ0v) is 37.5. The molecule has 19 nitrogen and oxygen atoms in total. The van der Waals surface area contributed by atoms with E-state index in [4.69, 9.17) is 30.4 Å². The summed E-state index contributed by atoms with van der Waals surface area (Å²) in [4.78, 5) is 62.6. The molecular weight excluding hydrogens is 816 g/mol. The summed E-state index contributed by atoms with van der Waals surface area (Å²) in [5.74, 6) is -1.92. The number of hydrogen-bond donors (Lipinski definition) is 4. The van der Waals surface area contributed by atoms with Gasteiger partial charge in [-0.1, -0.05) is 22.7 Å². The van der Waals surface area contributed by atoms with Crippen molar-refractivity contribution in [3.63, 3.8) is 0 Å². The molecule has 1 atom stereocenters. The van der Waals surface area contributed by atoms with Gasteiger partial charge in [-0.25, -0.2) is 19.2 Å². The number of nitrogens with one attached hydrogen (secondary N) is 2. The van der Waals surface area contributed by atoms with Crippen LogP contribution >= 0.6 is 35.1 Å². The first-order valence-electron chi connectivity index (χ1n) is 17.7. The standard InChI is InChI=1S/C18H25N5O5S.C10H12N4O2S.C8H17NO2.ClH/c1-7-27-16(25)12-10(2)14(23-19-8-9-20-23)29-13(12)22-17(26)21-11(3)15(24)28-18(4,5)6;1-3-16-10(15)7-6(2)9(17-8(7)11)14-12-4-5-13-14;1-7(2,3)11-6(10)8(4,5)9;/h8-9,11H,7H2,1-6H3,(H2,21,22,26);4-5H,3,11H2,1-2H3;9H2,1-5H3;1H. The third-order valence-electron chi connectivity index (χ3n) is 6.69. The molecule has 0 aliphatic carbocycles. The van der Waals surface area contributed by atoms with E-state index >= 15 is 0 Å². The van der Waals surface area contributed by atoms with Gasteiger partial charge in [0.2, 0.25) is 0 Å². The Hall–Kier alpha value is -5.12. The van der Waals surface area contributed by atoms with Gasteiger partial charge in [0.1, 0.15) is 42.8 Å². The molecule has 0 saturated carbocycles. The predicted octanol–water partition coefficient (Wildman–Crippen LogP) is 5.55. The number of nitrogens with two attached hydrogens (primary N) is 2. The number of rotatable bonds is 10. The fourth-order valence-electron chi connectivity index (χ4n) is 4.24. The smallest absolute Gasteiger partial charge is 0.341 e. The molecule has 6 N–H and O–H groups in total. The van der Waals surface area contributed by atoms with Gasteiger partial charge in [0.25, 0.3) is 0 Å². The van der Waals surface area contributed by atoms with Gasteiger partial charge >= 0.3 is 29.9 Å². The molecule has 22 heteroatoms. The Labute approximate surface area is 351 Å². The van der Waals surface area contributed by atoms with Gasteiger partial charge in [-0.15, -0.1) is 22.0 Å². The zero-order chi connectivity index (χ0) is 43.5. The molecule has 322 valence electrons. The molecule has 0 radical (unpaired) electrons. The number of amides is 2. The van der Waals surface area contributed by atoms with Crippen molar-refractivity contribution >= 4 is 75.0 Å². The summed E-state index contributed by atoms with van der Waals surface area (Å²) in [6.07, 6.45) is 6.15. The Morgan fingerprint density at radius 3 is 1.55 bits per heavy atom. The van der Waals surface area contributed by atoms with Crippen molar-refractivity contribution in [1.82, 2.24) is 35.3 Å². The molecule has 0 saturated heterocycles. The molecule has 4 rings (SSSR count). The van der Waals surface area contributed by atoms with E-state index in [0.717, 1.165) is 21.9 Å². The molecule has 4 aromatic heterocycles. The molecule has 0 bridgehead atoms. The van der Waals surface area contributed by atoms with Crippen LogP contribution in [0.1, 0.15) is 108 Å². The number of hydrogen-bond acceptors (Lipinski definition) is 17. The molecule has 0 aliphatic rings. The largest absolute Gasteiger partial charge is 0.462 e. The van der Waals surface area contributed by atoms with Crippen LogP contribution in [0.2, 0.25) is 0 Å². The van der Waals surface area contributed by atoms with Crippen molar-refractivity contribution in [2.45, 2.75) is 113 Å². The number of nitrogens with zero attached hydrogens (tertiary/aromatic N) is 6. The maximum atomic E-state index is 12.4. The number of ether oxygens (including phenoxy) is 4. The Morgan fingerprint density at radius 1 is 0.741 bits per heavy atom. The number of urea groups is 1. The monoisotopic (exact) mass is 870 g/mol. The van der Waals surface area contributed by atoms with Crippen molar-refractivity contribution in [2.75, 3.05) is 24.3 Å². The summed E-state index contributed by atoms with van der Waals surface area (Å²) in [5, 5.41) is 23.3. The highest BCUT2D eigenvalue weighted by molar-refractivity contribution is 7.19. The topological polar surface area (TPSA) is 260 Å². The van der Waals surface area contributed by atoms with Crippen molar-refractivity contribution in [3.8, 4) is 10.0 Å². The molecule has 0 aliphatic heterocycles. The van der Waals surface area contributed by atoms with E-state index in [9.17, 15) is 24.0 Å². The lowest BCUT2D eigenvalue weighted by Crippen LogP contribution is -2.45. The van der Waals surface area contributed by atoms with Crippen molar-refractivity contribution < 1.29 is 42.9 Å². The number of carbonyl (C=O) groups is 5. The first-order chi connectivity index (χ1) is 26.3. The molecule has 0 aromatic carbocycles. The summed E-state index contributed by atoms with van der Waals surface area (Å²) in [5.41, 5.74) is 11.3. The number of carbonyl (C=O) groups excluding carboxylic acids is 5. The summed E-state index contributed by atoms with van der Waals surface area (Å²) in [6.45, 7) is 22.9. The van der Waals surface area contributed by atoms with Crippen LogP contribution in [0.5, 0.6) is 0 Å². The quantitative estimate of drug-likeness (QED) is 0.113. The maximum Gasteiger partial charge on any atom is 0.341 e. The van der Waals surface area contributed by atoms with E-state index in [-0.39, 0.29) is 35.5 Å². The Morgan fingerprint density at radius 2 is 1.16 bits per heavy atom. The molecule has 0 fully saturated rings. The third kappa shape index (κ3) is 15.3. The average molecular weight is 871 g/mol. The Bertz CT molecular complexity index is 1980. The van der Waals surface area contributed by atoms with Gasteiger partial charge < -0.3 is 35.7 Å². The fraction of sp³-hybridized carbons (Fsp3) is 0.528. The van der Waals surface area contributed by atoms with Crippen LogP contribution in [0.15, 0.2) is 24.8 Å². The second-order valence-electron chi connectivity index (χ2n) is 14.7. The Balaban J connectivity index is 0.000000489. The minimum atomic E-state index is -0.896. The number of esters is 4. The van der Waals surface area contributed by atoms with Crippen LogP contribution in [0.4, 0.5) is 14.8 Å². The molecule has 2 amide bonds. The number of aromatic nitrogens is 6. The van der Waals surface area contributed by atoms with Crippen LogP contribution in [0.25, 0.3) is 10.0 Å². The minimum Gasteiger partial charge on any atom is -0.462 e. The highest BCUT2D eigenvalue weighted by Crippen LogP contribution is 2.36. The summed E-state index contributed by atoms with van der Waals surface area (Å²) in [6, 6.07) is -1.54. The van der Waals surface area contributed by atoms with Crippen LogP contribution in [-0.2, 0) is 28.5 Å². The SMILES string of the molecule is CC(C)(C)OC(=O)C(C)(C)N.CCOC(=O)c1c(N)sc(-n2nccn2)c1C.CCOC(=O)c1c(NC(=O)NC(C)C(=O)OC(C)(C)C)sc(-n2nccn2)c1C.Cl. The van der Waals surface area contributed by atoms with Crippen molar-refractivity contribution in [2.24, 2.45) is 5.73 Å². The second kappa shape index (κ2) is 21.6. The molecular formula is C36H55ClN10O9S2. The first-order valence-corrected chi connectivity index (χ1v) is 19.4. The van der Waals surface area contributed by atoms with E-state index in [0.29, 0.717) is 27.7 Å². The van der Waals surface area contributed by atoms with E-state index in [1.54, 1.807) is 74.7 Å². The van der Waals surface area contributed by atoms with Crippen molar-refractivity contribution in [1.29, 1.82) is 0 Å². The van der Waals surface area contributed by atoms with E-state index in [1.165, 1.54) is 40.2 Å². The van der Waals surface area contributed by atoms with E-state index < -0.39 is 46.7 Å². The van der Waals surface area contributed by atoms with Gasteiger partial charge in [-0.3, -0.25) is 10.1 Å². The van der Waals surface area contributed by atoms with Crippen LogP contribution in [0, 0.1) is 13.8 Å². The lowest BCUT2D eigenvalue weighted by Gasteiger charge is -2.25. The minimum absolute atomic E-state index is 0. The number of nitrogen functional groups attached to an aromatic ring is 1. The summed E-state index contributed by atoms with van der Waals surface area (Å²) < 4.78 is 20.3. The summed E-state index contributed by atoms with van der Waals surface area (Å²) >= 11 is 2.39. The van der Waals surface area contributed by atoms with E-state index in [1.807, 2.05) is 20.8 Å². The number of halogens is 1. The van der Waals surface area contributed by atoms with Gasteiger partial charge in [0.05, 0.1) is 49.1 Å². The Kier molecular flexibility index (Phi) is 18.9. The normalized spacial score (nSPS) is 11.6. The molecule has 58 heavy (non-hydrogen) atoms. The average Bonchev–Trinajstić information content (AvgIpc) is 3.88. The van der Waals surface area contributed by atoms with Gasteiger partial charge in [0.15, 0.2) is 0 Å². The van der Waals surface area contributed by atoms with Gasteiger partial charge in [-0.2, -0.15) is 20.4 Å². The predicted molar refractivity (Wildman–Crippen MR) is 223 cm³/mol. The van der Waals surface area contributed by atoms with Crippen LogP contribution < -0.4 is 22.1 Å². The summed E-state index contributed by atoms with van der Waals surface area (Å²) in [7, 11) is 0. The van der Waals surface area contributed by atoms with Gasteiger partial charge in [-0.05, 0) is 90.0 Å². The fourth-order valence-corrected chi connectivity index (χ4v) is 6.32. The third-order valence-corrected chi connectivity index (χ3v) is 8.95. The molecule has 4 aromatic rings. The highest BCUT2D eigenvalue weighted by atomic mass is 35.5. The number of thiophene rings is 2. The molecule has 0 spiro atoms. The highest BCUT2D eigenvalue weighted by Gasteiger charge is 2.29. The van der Waals surface area contributed by atoms with Crippen molar-refractivity contribution in [3.05, 3.63) is 47.0 Å². The lowest BCUT2D eigenvalue weighted by molar-refractivity contribution is -0.160.